The summed E-state index contributed by atoms with van der Waals surface area (Å²) in [6.45, 7) is 6.48. The third kappa shape index (κ3) is 6.82. The van der Waals surface area contributed by atoms with Crippen LogP contribution in [0.25, 0.3) is 0 Å². The van der Waals surface area contributed by atoms with Crippen molar-refractivity contribution in [2.24, 2.45) is 5.10 Å². The highest BCUT2D eigenvalue weighted by atomic mass is 16.5. The molecule has 0 unspecified atom stereocenters. The Bertz CT molecular complexity index is 798. The highest BCUT2D eigenvalue weighted by Gasteiger charge is 2.08. The maximum absolute atomic E-state index is 12.1. The summed E-state index contributed by atoms with van der Waals surface area (Å²) in [5.74, 6) is 1.04. The second kappa shape index (κ2) is 11.7. The largest absolute Gasteiger partial charge is 0.493 e. The van der Waals surface area contributed by atoms with E-state index in [-0.39, 0.29) is 12.3 Å². The minimum absolute atomic E-state index is 0.192. The minimum Gasteiger partial charge on any atom is -0.493 e. The fourth-order valence-electron chi connectivity index (χ4n) is 3.08. The third-order valence-corrected chi connectivity index (χ3v) is 4.46. The van der Waals surface area contributed by atoms with Gasteiger partial charge in [0.15, 0.2) is 11.5 Å². The molecule has 6 nitrogen and oxygen atoms in total. The first-order valence-corrected chi connectivity index (χ1v) is 9.99. The molecule has 6 heteroatoms. The highest BCUT2D eigenvalue weighted by Crippen LogP contribution is 2.27. The number of methoxy groups -OCH3 is 2. The predicted octanol–water partition coefficient (Wildman–Crippen LogP) is 4.02. The van der Waals surface area contributed by atoms with E-state index in [4.69, 9.17) is 9.47 Å². The smallest absolute Gasteiger partial charge is 0.244 e. The van der Waals surface area contributed by atoms with E-state index in [1.807, 2.05) is 18.2 Å². The first-order valence-electron chi connectivity index (χ1n) is 9.99. The number of hydrogen-bond donors (Lipinski definition) is 1. The number of nitrogens with zero attached hydrogens (tertiary/aromatic N) is 2. The van der Waals surface area contributed by atoms with Crippen molar-refractivity contribution in [2.75, 3.05) is 32.2 Å². The number of nitrogens with one attached hydrogen (secondary N) is 1. The molecule has 0 radical (unpaired) electrons. The van der Waals surface area contributed by atoms with E-state index >= 15 is 0 Å². The second-order valence-electron chi connectivity index (χ2n) is 6.74. The van der Waals surface area contributed by atoms with E-state index in [0.29, 0.717) is 11.5 Å². The van der Waals surface area contributed by atoms with Gasteiger partial charge in [-0.3, -0.25) is 4.79 Å². The summed E-state index contributed by atoms with van der Waals surface area (Å²) >= 11 is 0. The molecule has 29 heavy (non-hydrogen) atoms. The molecule has 2 aromatic rings. The van der Waals surface area contributed by atoms with Gasteiger partial charge in [0, 0.05) is 18.8 Å². The molecule has 0 heterocycles. The van der Waals surface area contributed by atoms with Crippen LogP contribution in [0.15, 0.2) is 47.6 Å². The molecule has 0 fully saturated rings. The van der Waals surface area contributed by atoms with Gasteiger partial charge in [0.1, 0.15) is 0 Å². The molecule has 0 saturated carbocycles. The van der Waals surface area contributed by atoms with Crippen LogP contribution >= 0.6 is 0 Å². The van der Waals surface area contributed by atoms with E-state index in [0.717, 1.165) is 37.1 Å². The van der Waals surface area contributed by atoms with Crippen LogP contribution in [0, 0.1) is 0 Å². The van der Waals surface area contributed by atoms with Gasteiger partial charge < -0.3 is 14.4 Å². The molecule has 0 bridgehead atoms. The number of benzene rings is 2. The van der Waals surface area contributed by atoms with Crippen molar-refractivity contribution in [3.8, 4) is 11.5 Å². The molecular weight excluding hydrogens is 366 g/mol. The molecule has 0 aromatic heterocycles. The average Bonchev–Trinajstić information content (AvgIpc) is 2.74. The molecule has 1 amide bonds. The van der Waals surface area contributed by atoms with Crippen molar-refractivity contribution < 1.29 is 14.3 Å². The van der Waals surface area contributed by atoms with Crippen LogP contribution in [0.4, 0.5) is 5.69 Å². The average molecular weight is 398 g/mol. The molecule has 1 N–H and O–H groups in total. The Kier molecular flexibility index (Phi) is 9.02. The lowest BCUT2D eigenvalue weighted by Crippen LogP contribution is -2.24. The van der Waals surface area contributed by atoms with Crippen molar-refractivity contribution in [2.45, 2.75) is 33.1 Å². The second-order valence-corrected chi connectivity index (χ2v) is 6.74. The summed E-state index contributed by atoms with van der Waals surface area (Å²) in [4.78, 5) is 14.5. The van der Waals surface area contributed by atoms with E-state index in [9.17, 15) is 4.79 Å². The van der Waals surface area contributed by atoms with E-state index in [1.54, 1.807) is 32.6 Å². The molecule has 0 aliphatic carbocycles. The molecule has 0 atom stereocenters. The Balaban J connectivity index is 1.91. The first-order chi connectivity index (χ1) is 14.1. The normalized spacial score (nSPS) is 10.8. The van der Waals surface area contributed by atoms with Crippen LogP contribution in [0.1, 0.15) is 37.8 Å². The van der Waals surface area contributed by atoms with Crippen LogP contribution in [-0.2, 0) is 11.2 Å². The zero-order chi connectivity index (χ0) is 21.1. The van der Waals surface area contributed by atoms with Crippen molar-refractivity contribution in [1.82, 2.24) is 5.43 Å². The van der Waals surface area contributed by atoms with Gasteiger partial charge in [-0.25, -0.2) is 5.43 Å². The van der Waals surface area contributed by atoms with Gasteiger partial charge in [0.25, 0.3) is 0 Å². The van der Waals surface area contributed by atoms with Gasteiger partial charge in [-0.1, -0.05) is 32.0 Å². The third-order valence-electron chi connectivity index (χ3n) is 4.46. The lowest BCUT2D eigenvalue weighted by molar-refractivity contribution is -0.120. The summed E-state index contributed by atoms with van der Waals surface area (Å²) in [6, 6.07) is 13.6. The molecular formula is C23H31N3O3. The number of ether oxygens (including phenoxy) is 2. The number of rotatable bonds is 11. The van der Waals surface area contributed by atoms with Crippen LogP contribution < -0.4 is 19.8 Å². The van der Waals surface area contributed by atoms with Crippen molar-refractivity contribution in [1.29, 1.82) is 0 Å². The number of hydrogen-bond acceptors (Lipinski definition) is 5. The fraction of sp³-hybridized carbons (Fsp3) is 0.391. The van der Waals surface area contributed by atoms with Crippen molar-refractivity contribution >= 4 is 17.8 Å². The molecule has 0 spiro atoms. The Morgan fingerprint density at radius 2 is 1.66 bits per heavy atom. The number of hydrazone groups is 1. The number of anilines is 1. The van der Waals surface area contributed by atoms with Crippen molar-refractivity contribution in [3.63, 3.8) is 0 Å². The molecule has 156 valence electrons. The number of amides is 1. The lowest BCUT2D eigenvalue weighted by Gasteiger charge is -2.23. The van der Waals surface area contributed by atoms with Gasteiger partial charge in [-0.15, -0.1) is 0 Å². The first kappa shape index (κ1) is 22.3. The SMILES string of the molecule is CCCN(CCC)c1ccc(/C=N/NC(=O)Cc2ccc(OC)c(OC)c2)cc1. The van der Waals surface area contributed by atoms with Crippen LogP contribution in [0.5, 0.6) is 11.5 Å². The summed E-state index contributed by atoms with van der Waals surface area (Å²) in [7, 11) is 3.15. The molecule has 2 rings (SSSR count). The van der Waals surface area contributed by atoms with E-state index in [1.165, 1.54) is 5.69 Å². The van der Waals surface area contributed by atoms with Crippen LogP contribution in [0.2, 0.25) is 0 Å². The van der Waals surface area contributed by atoms with Gasteiger partial charge >= 0.3 is 0 Å². The van der Waals surface area contributed by atoms with Crippen LogP contribution in [0.3, 0.4) is 0 Å². The summed E-state index contributed by atoms with van der Waals surface area (Å²) in [5.41, 5.74) is 5.55. The standard InChI is InChI=1S/C23H31N3O3/c1-5-13-26(14-6-2)20-10-7-18(8-11-20)17-24-25-23(27)16-19-9-12-21(28-3)22(15-19)29-4/h7-12,15,17H,5-6,13-14,16H2,1-4H3,(H,25,27)/b24-17+. The topological polar surface area (TPSA) is 63.2 Å². The van der Waals surface area contributed by atoms with Gasteiger partial charge in [-0.2, -0.15) is 5.10 Å². The van der Waals surface area contributed by atoms with Crippen molar-refractivity contribution in [3.05, 3.63) is 53.6 Å². The zero-order valence-corrected chi connectivity index (χ0v) is 17.8. The Morgan fingerprint density at radius 1 is 1.00 bits per heavy atom. The van der Waals surface area contributed by atoms with Gasteiger partial charge in [0.2, 0.25) is 5.91 Å². The van der Waals surface area contributed by atoms with E-state index in [2.05, 4.69) is 41.4 Å². The Hall–Kier alpha value is -3.02. The minimum atomic E-state index is -0.192. The Morgan fingerprint density at radius 3 is 2.24 bits per heavy atom. The van der Waals surface area contributed by atoms with Crippen LogP contribution in [-0.4, -0.2) is 39.4 Å². The van der Waals surface area contributed by atoms with Gasteiger partial charge in [-0.05, 0) is 48.2 Å². The maximum atomic E-state index is 12.1. The fourth-order valence-corrected chi connectivity index (χ4v) is 3.08. The summed E-state index contributed by atoms with van der Waals surface area (Å²) in [5, 5.41) is 4.07. The van der Waals surface area contributed by atoms with E-state index < -0.39 is 0 Å². The lowest BCUT2D eigenvalue weighted by atomic mass is 10.1. The summed E-state index contributed by atoms with van der Waals surface area (Å²) < 4.78 is 10.5. The monoisotopic (exact) mass is 397 g/mol. The molecule has 2 aromatic carbocycles. The molecule has 0 saturated heterocycles. The quantitative estimate of drug-likeness (QED) is 0.459. The molecule has 0 aliphatic heterocycles. The maximum Gasteiger partial charge on any atom is 0.244 e. The zero-order valence-electron chi connectivity index (χ0n) is 17.8. The van der Waals surface area contributed by atoms with Gasteiger partial charge in [0.05, 0.1) is 26.9 Å². The number of carbonyl (C=O) groups excluding carboxylic acids is 1. The number of carbonyl (C=O) groups is 1. The highest BCUT2D eigenvalue weighted by molar-refractivity contribution is 5.83. The summed E-state index contributed by atoms with van der Waals surface area (Å²) in [6.07, 6.45) is 4.10. The Labute approximate surface area is 173 Å². The predicted molar refractivity (Wildman–Crippen MR) is 118 cm³/mol. The molecule has 0 aliphatic rings.